The lowest BCUT2D eigenvalue weighted by Crippen LogP contribution is -2.29. The van der Waals surface area contributed by atoms with Gasteiger partial charge in [-0.25, -0.2) is 12.7 Å². The molecule has 0 spiro atoms. The zero-order chi connectivity index (χ0) is 13.8. The van der Waals surface area contributed by atoms with Crippen molar-refractivity contribution in [1.82, 2.24) is 9.29 Å². The molecule has 0 aliphatic rings. The van der Waals surface area contributed by atoms with Crippen molar-refractivity contribution in [1.29, 1.82) is 0 Å². The molecular weight excluding hydrogens is 290 g/mol. The predicted octanol–water partition coefficient (Wildman–Crippen LogP) is 0.699. The standard InChI is InChI=1S/C10H15N3O2S3/c1-13(5-6-17-2)18(14,15)8-3-4-9(10(11)16)12-7-8/h3-4,7H,5-6H2,1-2H3,(H2,11,16). The highest BCUT2D eigenvalue weighted by atomic mass is 32.2. The summed E-state index contributed by atoms with van der Waals surface area (Å²) in [7, 11) is -1.93. The molecule has 0 fully saturated rings. The number of pyridine rings is 1. The first-order valence-corrected chi connectivity index (χ1v) is 8.35. The van der Waals surface area contributed by atoms with Crippen LogP contribution in [0.25, 0.3) is 0 Å². The van der Waals surface area contributed by atoms with E-state index in [-0.39, 0.29) is 9.88 Å². The molecule has 8 heteroatoms. The number of thioether (sulfide) groups is 1. The maximum atomic E-state index is 12.1. The van der Waals surface area contributed by atoms with Gasteiger partial charge in [0.15, 0.2) is 0 Å². The van der Waals surface area contributed by atoms with Crippen LogP contribution in [0.5, 0.6) is 0 Å². The summed E-state index contributed by atoms with van der Waals surface area (Å²) in [5.41, 5.74) is 5.82. The van der Waals surface area contributed by atoms with Crippen LogP contribution >= 0.6 is 24.0 Å². The molecule has 0 atom stereocenters. The molecule has 1 rings (SSSR count). The Morgan fingerprint density at radius 1 is 1.56 bits per heavy atom. The molecule has 5 nitrogen and oxygen atoms in total. The van der Waals surface area contributed by atoms with Gasteiger partial charge in [0.2, 0.25) is 10.0 Å². The topological polar surface area (TPSA) is 76.3 Å². The first kappa shape index (κ1) is 15.4. The van der Waals surface area contributed by atoms with Crippen LogP contribution in [0.4, 0.5) is 0 Å². The SMILES string of the molecule is CSCCN(C)S(=O)(=O)c1ccc(C(N)=S)nc1. The number of nitrogens with two attached hydrogens (primary N) is 1. The fourth-order valence-electron chi connectivity index (χ4n) is 1.20. The Balaban J connectivity index is 2.94. The Bertz CT molecular complexity index is 514. The number of thiocarbonyl (C=S) groups is 1. The Morgan fingerprint density at radius 2 is 2.22 bits per heavy atom. The molecule has 0 amide bonds. The van der Waals surface area contributed by atoms with Crippen molar-refractivity contribution in [3.63, 3.8) is 0 Å². The first-order chi connectivity index (χ1) is 8.39. The Kier molecular flexibility index (Phi) is 5.51. The third-order valence-corrected chi connectivity index (χ3v) is 4.95. The van der Waals surface area contributed by atoms with E-state index in [1.165, 1.54) is 22.6 Å². The second-order valence-corrected chi connectivity index (χ2v) is 7.03. The second-order valence-electron chi connectivity index (χ2n) is 3.56. The third kappa shape index (κ3) is 3.64. The summed E-state index contributed by atoms with van der Waals surface area (Å²) in [6.45, 7) is 0.459. The van der Waals surface area contributed by atoms with E-state index in [4.69, 9.17) is 18.0 Å². The van der Waals surface area contributed by atoms with Crippen LogP contribution in [0, 0.1) is 0 Å². The van der Waals surface area contributed by atoms with Gasteiger partial charge in [-0.3, -0.25) is 4.98 Å². The number of hydrogen-bond donors (Lipinski definition) is 1. The van der Waals surface area contributed by atoms with Crippen molar-refractivity contribution in [2.45, 2.75) is 4.90 Å². The van der Waals surface area contributed by atoms with E-state index in [9.17, 15) is 8.42 Å². The maximum Gasteiger partial charge on any atom is 0.244 e. The van der Waals surface area contributed by atoms with Crippen LogP contribution in [0.15, 0.2) is 23.2 Å². The third-order valence-electron chi connectivity index (χ3n) is 2.31. The monoisotopic (exact) mass is 305 g/mol. The molecule has 0 unspecified atom stereocenters. The molecule has 18 heavy (non-hydrogen) atoms. The number of sulfonamides is 1. The smallest absolute Gasteiger partial charge is 0.244 e. The summed E-state index contributed by atoms with van der Waals surface area (Å²) >= 11 is 6.35. The van der Waals surface area contributed by atoms with Gasteiger partial charge in [0.1, 0.15) is 9.88 Å². The molecule has 0 saturated heterocycles. The summed E-state index contributed by atoms with van der Waals surface area (Å²) in [6, 6.07) is 2.98. The van der Waals surface area contributed by atoms with Crippen molar-refractivity contribution in [3.05, 3.63) is 24.0 Å². The fourth-order valence-corrected chi connectivity index (χ4v) is 3.01. The number of aromatic nitrogens is 1. The lowest BCUT2D eigenvalue weighted by atomic mass is 10.3. The Morgan fingerprint density at radius 3 is 2.67 bits per heavy atom. The highest BCUT2D eigenvalue weighted by Gasteiger charge is 2.20. The summed E-state index contributed by atoms with van der Waals surface area (Å²) < 4.78 is 25.6. The zero-order valence-electron chi connectivity index (χ0n) is 10.2. The van der Waals surface area contributed by atoms with Crippen LogP contribution in [0.2, 0.25) is 0 Å². The molecule has 0 radical (unpaired) electrons. The molecule has 100 valence electrons. The van der Waals surface area contributed by atoms with Gasteiger partial charge in [-0.15, -0.1) is 0 Å². The van der Waals surface area contributed by atoms with Crippen LogP contribution in [-0.4, -0.2) is 48.3 Å². The molecule has 0 saturated carbocycles. The predicted molar refractivity (Wildman–Crippen MR) is 78.3 cm³/mol. The van der Waals surface area contributed by atoms with Crippen molar-refractivity contribution in [3.8, 4) is 0 Å². The van der Waals surface area contributed by atoms with Crippen LogP contribution in [0.3, 0.4) is 0 Å². The van der Waals surface area contributed by atoms with Gasteiger partial charge >= 0.3 is 0 Å². The van der Waals surface area contributed by atoms with Crippen molar-refractivity contribution in [2.75, 3.05) is 25.6 Å². The molecule has 0 bridgehead atoms. The van der Waals surface area contributed by atoms with Gasteiger partial charge in [0.05, 0.1) is 5.69 Å². The molecular formula is C10H15N3O2S3. The highest BCUT2D eigenvalue weighted by Crippen LogP contribution is 2.13. The average molecular weight is 305 g/mol. The number of rotatable bonds is 6. The summed E-state index contributed by atoms with van der Waals surface area (Å²) in [5, 5.41) is 0. The van der Waals surface area contributed by atoms with Gasteiger partial charge in [-0.05, 0) is 18.4 Å². The number of hydrogen-bond acceptors (Lipinski definition) is 5. The summed E-state index contributed by atoms with van der Waals surface area (Å²) in [5.74, 6) is 0.744. The van der Waals surface area contributed by atoms with Gasteiger partial charge < -0.3 is 5.73 Å². The zero-order valence-corrected chi connectivity index (χ0v) is 12.6. The van der Waals surface area contributed by atoms with E-state index >= 15 is 0 Å². The van der Waals surface area contributed by atoms with E-state index in [0.29, 0.717) is 12.2 Å². The maximum absolute atomic E-state index is 12.1. The van der Waals surface area contributed by atoms with Gasteiger partial charge in [-0.1, -0.05) is 12.2 Å². The van der Waals surface area contributed by atoms with E-state index < -0.39 is 10.0 Å². The van der Waals surface area contributed by atoms with Crippen molar-refractivity contribution >= 4 is 39.0 Å². The average Bonchev–Trinajstić information content (AvgIpc) is 2.35. The van der Waals surface area contributed by atoms with Crippen LogP contribution in [-0.2, 0) is 10.0 Å². The Labute approximate surface area is 117 Å². The van der Waals surface area contributed by atoms with Crippen molar-refractivity contribution < 1.29 is 8.42 Å². The lowest BCUT2D eigenvalue weighted by molar-refractivity contribution is 0.488. The molecule has 0 aromatic carbocycles. The van der Waals surface area contributed by atoms with Crippen LogP contribution in [0.1, 0.15) is 5.69 Å². The first-order valence-electron chi connectivity index (χ1n) is 5.10. The summed E-state index contributed by atoms with van der Waals surface area (Å²) in [6.07, 6.45) is 3.21. The molecule has 0 aliphatic heterocycles. The van der Waals surface area contributed by atoms with Gasteiger partial charge in [0, 0.05) is 25.5 Å². The molecule has 1 aromatic heterocycles. The van der Waals surface area contributed by atoms with Crippen LogP contribution < -0.4 is 5.73 Å². The van der Waals surface area contributed by atoms with E-state index in [0.717, 1.165) is 5.75 Å². The van der Waals surface area contributed by atoms with Gasteiger partial charge in [-0.2, -0.15) is 11.8 Å². The Hall–Kier alpha value is -0.700. The lowest BCUT2D eigenvalue weighted by Gasteiger charge is -2.16. The minimum atomic E-state index is -3.48. The quantitative estimate of drug-likeness (QED) is 0.780. The fraction of sp³-hybridized carbons (Fsp3) is 0.400. The molecule has 1 heterocycles. The van der Waals surface area contributed by atoms with E-state index in [1.54, 1.807) is 18.8 Å². The normalized spacial score (nSPS) is 11.7. The molecule has 1 aromatic rings. The second kappa shape index (κ2) is 6.46. The number of nitrogens with zero attached hydrogens (tertiary/aromatic N) is 2. The summed E-state index contributed by atoms with van der Waals surface area (Å²) in [4.78, 5) is 4.22. The molecule has 0 aliphatic carbocycles. The van der Waals surface area contributed by atoms with E-state index in [1.807, 2.05) is 6.26 Å². The minimum Gasteiger partial charge on any atom is -0.388 e. The largest absolute Gasteiger partial charge is 0.388 e. The van der Waals surface area contributed by atoms with Crippen molar-refractivity contribution in [2.24, 2.45) is 5.73 Å². The minimum absolute atomic E-state index is 0.145. The highest BCUT2D eigenvalue weighted by molar-refractivity contribution is 7.98. The van der Waals surface area contributed by atoms with E-state index in [2.05, 4.69) is 4.98 Å². The van der Waals surface area contributed by atoms with Gasteiger partial charge in [0.25, 0.3) is 0 Å². The molecule has 2 N–H and O–H groups in total.